The van der Waals surface area contributed by atoms with Gasteiger partial charge in [-0.2, -0.15) is 13.2 Å². The number of nitrogens with one attached hydrogen (secondary N) is 2. The Morgan fingerprint density at radius 2 is 1.77 bits per heavy atom. The first kappa shape index (κ1) is 24.1. The van der Waals surface area contributed by atoms with Gasteiger partial charge in [-0.3, -0.25) is 4.79 Å². The van der Waals surface area contributed by atoms with Gasteiger partial charge in [0.1, 0.15) is 0 Å². The summed E-state index contributed by atoms with van der Waals surface area (Å²) in [5.74, 6) is -1.78. The van der Waals surface area contributed by atoms with Crippen molar-refractivity contribution in [1.29, 1.82) is 0 Å². The van der Waals surface area contributed by atoms with Gasteiger partial charge < -0.3 is 15.5 Å². The summed E-state index contributed by atoms with van der Waals surface area (Å²) in [7, 11) is -4.18. The van der Waals surface area contributed by atoms with Gasteiger partial charge in [0.25, 0.3) is 5.91 Å². The van der Waals surface area contributed by atoms with Crippen molar-refractivity contribution in [3.63, 3.8) is 0 Å². The van der Waals surface area contributed by atoms with Crippen LogP contribution in [-0.4, -0.2) is 42.9 Å². The van der Waals surface area contributed by atoms with Crippen LogP contribution in [0.25, 0.3) is 0 Å². The molecule has 4 N–H and O–H groups in total. The van der Waals surface area contributed by atoms with E-state index in [1.165, 1.54) is 0 Å². The number of rotatable bonds is 7. The normalized spacial score (nSPS) is 15.3. The van der Waals surface area contributed by atoms with E-state index in [-0.39, 0.29) is 22.5 Å². The quantitative estimate of drug-likeness (QED) is 0.500. The lowest BCUT2D eigenvalue weighted by atomic mass is 10.1. The van der Waals surface area contributed by atoms with Crippen molar-refractivity contribution in [3.8, 4) is 0 Å². The number of sulfonamides is 1. The zero-order valence-electron chi connectivity index (χ0n) is 15.4. The molecule has 0 spiro atoms. The Morgan fingerprint density at radius 3 is 2.27 bits per heavy atom. The molecule has 2 aromatic rings. The molecule has 0 bridgehead atoms. The highest BCUT2D eigenvalue weighted by Crippen LogP contribution is 2.33. The second-order valence-electron chi connectivity index (χ2n) is 6.43. The fraction of sp³-hybridized carbons (Fsp3) is 0.278. The van der Waals surface area contributed by atoms with E-state index in [2.05, 4.69) is 4.72 Å². The summed E-state index contributed by atoms with van der Waals surface area (Å²) in [5, 5.41) is 20.3. The molecule has 0 aromatic heterocycles. The molecule has 0 saturated carbocycles. The van der Waals surface area contributed by atoms with Crippen molar-refractivity contribution in [2.24, 2.45) is 0 Å². The fourth-order valence-electron chi connectivity index (χ4n) is 2.29. The second kappa shape index (κ2) is 8.90. The van der Waals surface area contributed by atoms with Crippen LogP contribution in [0.15, 0.2) is 53.4 Å². The molecule has 2 rings (SSSR count). The summed E-state index contributed by atoms with van der Waals surface area (Å²) in [6.45, 7) is -0.255. The highest BCUT2D eigenvalue weighted by molar-refractivity contribution is 7.89. The van der Waals surface area contributed by atoms with E-state index in [0.717, 1.165) is 18.2 Å². The number of carbonyl (C=O) groups excluding carboxylic acids is 1. The first-order chi connectivity index (χ1) is 13.8. The van der Waals surface area contributed by atoms with Gasteiger partial charge in [0.15, 0.2) is 0 Å². The number of benzene rings is 2. The lowest BCUT2D eigenvalue weighted by Crippen LogP contribution is -2.52. The number of aliphatic hydroxyl groups excluding tert-OH is 1. The number of carbonyl (C=O) groups is 1. The van der Waals surface area contributed by atoms with Gasteiger partial charge >= 0.3 is 6.18 Å². The highest BCUT2D eigenvalue weighted by atomic mass is 35.5. The zero-order chi connectivity index (χ0) is 22.7. The minimum absolute atomic E-state index is 0.275. The van der Waals surface area contributed by atoms with Crippen LogP contribution in [0.3, 0.4) is 0 Å². The van der Waals surface area contributed by atoms with Crippen LogP contribution in [0, 0.1) is 0 Å². The lowest BCUT2D eigenvalue weighted by Gasteiger charge is -2.25. The maximum Gasteiger partial charge on any atom is 0.426 e. The summed E-state index contributed by atoms with van der Waals surface area (Å²) in [5.41, 5.74) is -3.49. The first-order valence-corrected chi connectivity index (χ1v) is 10.2. The van der Waals surface area contributed by atoms with Crippen LogP contribution >= 0.6 is 11.6 Å². The molecular formula is C18H18ClF3N2O5S. The number of hydrogen-bond acceptors (Lipinski definition) is 5. The molecule has 12 heteroatoms. The summed E-state index contributed by atoms with van der Waals surface area (Å²) >= 11 is 5.91. The van der Waals surface area contributed by atoms with Crippen LogP contribution in [-0.2, 0) is 14.8 Å². The molecule has 0 aliphatic rings. The van der Waals surface area contributed by atoms with Crippen LogP contribution in [0.2, 0.25) is 5.02 Å². The Kier molecular flexibility index (Phi) is 7.15. The van der Waals surface area contributed by atoms with Crippen LogP contribution in [0.1, 0.15) is 18.5 Å². The molecule has 2 aromatic carbocycles. The van der Waals surface area contributed by atoms with E-state index in [1.54, 1.807) is 30.3 Å². The Morgan fingerprint density at radius 1 is 1.17 bits per heavy atom. The van der Waals surface area contributed by atoms with Crippen LogP contribution in [0.4, 0.5) is 18.9 Å². The van der Waals surface area contributed by atoms with Crippen molar-refractivity contribution >= 4 is 33.2 Å². The van der Waals surface area contributed by atoms with Crippen molar-refractivity contribution in [3.05, 3.63) is 59.1 Å². The number of hydrogen-bond donors (Lipinski definition) is 4. The third-order valence-corrected chi connectivity index (χ3v) is 5.96. The molecule has 0 saturated heterocycles. The van der Waals surface area contributed by atoms with Crippen molar-refractivity contribution in [1.82, 2.24) is 4.72 Å². The molecule has 0 heterocycles. The van der Waals surface area contributed by atoms with Crippen LogP contribution < -0.4 is 10.0 Å². The van der Waals surface area contributed by atoms with Crippen molar-refractivity contribution < 1.29 is 36.6 Å². The van der Waals surface area contributed by atoms with E-state index >= 15 is 0 Å². The highest BCUT2D eigenvalue weighted by Gasteiger charge is 2.55. The minimum Gasteiger partial charge on any atom is -0.394 e. The molecule has 0 radical (unpaired) electrons. The maximum absolute atomic E-state index is 12.8. The Hall–Kier alpha value is -2.18. The largest absolute Gasteiger partial charge is 0.426 e. The number of amides is 1. The number of anilines is 1. The number of alkyl halides is 3. The topological polar surface area (TPSA) is 116 Å². The van der Waals surface area contributed by atoms with Gasteiger partial charge in [-0.25, -0.2) is 13.1 Å². The average Bonchev–Trinajstić information content (AvgIpc) is 2.67. The molecule has 164 valence electrons. The maximum atomic E-state index is 12.8. The Bertz CT molecular complexity index is 1010. The second-order valence-corrected chi connectivity index (χ2v) is 8.55. The van der Waals surface area contributed by atoms with Crippen molar-refractivity contribution in [2.45, 2.75) is 29.6 Å². The van der Waals surface area contributed by atoms with E-state index in [9.17, 15) is 36.6 Å². The molecule has 0 fully saturated rings. The average molecular weight is 467 g/mol. The zero-order valence-corrected chi connectivity index (χ0v) is 17.0. The lowest BCUT2D eigenvalue weighted by molar-refractivity contribution is -0.242. The SMILES string of the molecule is C[C@@](O)(C(=O)Nc1ccc(S(=O)(=O)N[C@@H](CO)c2ccccc2)cc1Cl)C(F)(F)F. The minimum atomic E-state index is -5.23. The summed E-state index contributed by atoms with van der Waals surface area (Å²) in [4.78, 5) is 11.4. The van der Waals surface area contributed by atoms with Crippen LogP contribution in [0.5, 0.6) is 0 Å². The summed E-state index contributed by atoms with van der Waals surface area (Å²) < 4.78 is 65.7. The predicted octanol–water partition coefficient (Wildman–Crippen LogP) is 2.60. The molecule has 0 unspecified atom stereocenters. The standard InChI is InChI=1S/C18H18ClF3N2O5S/c1-17(27,18(20,21)22)16(26)23-14-8-7-12(9-13(14)19)30(28,29)24-15(10-25)11-5-3-2-4-6-11/h2-9,15,24-25,27H,10H2,1H3,(H,23,26)/t15-,17+/m0/s1. The van der Waals surface area contributed by atoms with E-state index in [0.29, 0.717) is 5.56 Å². The fourth-order valence-corrected chi connectivity index (χ4v) is 3.82. The third-order valence-electron chi connectivity index (χ3n) is 4.18. The number of halogens is 4. The van der Waals surface area contributed by atoms with E-state index in [4.69, 9.17) is 11.6 Å². The molecule has 7 nitrogen and oxygen atoms in total. The van der Waals surface area contributed by atoms with Gasteiger partial charge in [0, 0.05) is 0 Å². The molecule has 0 aliphatic heterocycles. The summed E-state index contributed by atoms with van der Waals surface area (Å²) in [6.07, 6.45) is -5.23. The van der Waals surface area contributed by atoms with Gasteiger partial charge in [0.05, 0.1) is 28.3 Å². The third kappa shape index (κ3) is 5.29. The van der Waals surface area contributed by atoms with E-state index in [1.807, 2.05) is 5.32 Å². The van der Waals surface area contributed by atoms with Gasteiger partial charge in [-0.1, -0.05) is 41.9 Å². The molecular weight excluding hydrogens is 449 g/mol. The summed E-state index contributed by atoms with van der Waals surface area (Å²) in [6, 6.07) is 10.2. The smallest absolute Gasteiger partial charge is 0.394 e. The molecule has 2 atom stereocenters. The number of aliphatic hydroxyl groups is 2. The first-order valence-electron chi connectivity index (χ1n) is 8.38. The van der Waals surface area contributed by atoms with E-state index < -0.39 is 40.4 Å². The Labute approximate surface area is 175 Å². The molecule has 0 aliphatic carbocycles. The van der Waals surface area contributed by atoms with Crippen molar-refractivity contribution in [2.75, 3.05) is 11.9 Å². The molecule has 30 heavy (non-hydrogen) atoms. The van der Waals surface area contributed by atoms with Gasteiger partial charge in [-0.15, -0.1) is 0 Å². The van der Waals surface area contributed by atoms with Gasteiger partial charge in [-0.05, 0) is 30.7 Å². The Balaban J connectivity index is 2.24. The monoisotopic (exact) mass is 466 g/mol. The molecule has 1 amide bonds. The predicted molar refractivity (Wildman–Crippen MR) is 103 cm³/mol. The van der Waals surface area contributed by atoms with Gasteiger partial charge in [0.2, 0.25) is 15.6 Å².